The molecule has 1 aromatic rings. The Balaban J connectivity index is 1.63. The molecule has 0 aromatic heterocycles. The first-order valence-corrected chi connectivity index (χ1v) is 9.30. The quantitative estimate of drug-likeness (QED) is 0.870. The molecule has 2 aliphatic rings. The summed E-state index contributed by atoms with van der Waals surface area (Å²) in [7, 11) is 3.61. The summed E-state index contributed by atoms with van der Waals surface area (Å²) in [6.45, 7) is 1.94. The molecule has 6 nitrogen and oxygen atoms in total. The first-order chi connectivity index (χ1) is 12.5. The molecule has 0 unspecified atom stereocenters. The number of hydrogen-bond donors (Lipinski definition) is 1. The molecule has 142 valence electrons. The van der Waals surface area contributed by atoms with Crippen LogP contribution in [-0.2, 0) is 16.0 Å². The van der Waals surface area contributed by atoms with Crippen LogP contribution in [0.1, 0.15) is 31.2 Å². The average molecular weight is 360 g/mol. The fraction of sp³-hybridized carbons (Fsp3) is 0.600. The van der Waals surface area contributed by atoms with Crippen molar-refractivity contribution in [3.8, 4) is 5.75 Å². The van der Waals surface area contributed by atoms with E-state index in [1.165, 1.54) is 0 Å². The number of piperidine rings is 2. The van der Waals surface area contributed by atoms with E-state index in [0.717, 1.165) is 24.3 Å². The van der Waals surface area contributed by atoms with E-state index in [-0.39, 0.29) is 11.9 Å². The third kappa shape index (κ3) is 3.56. The van der Waals surface area contributed by atoms with Crippen LogP contribution in [0, 0.1) is 5.41 Å². The van der Waals surface area contributed by atoms with Crippen LogP contribution in [0.5, 0.6) is 5.75 Å². The number of likely N-dealkylation sites (N-methyl/N-ethyl adjacent to an activating group) is 1. The SMILES string of the molecule is COc1cccc(CCC(=O)N2CC[C@@]3(C(=O)O)CCCN(C)[C@H]3C2)c1. The molecule has 2 aliphatic heterocycles. The van der Waals surface area contributed by atoms with Gasteiger partial charge in [0.25, 0.3) is 0 Å². The molecule has 26 heavy (non-hydrogen) atoms. The van der Waals surface area contributed by atoms with E-state index in [4.69, 9.17) is 4.74 Å². The van der Waals surface area contributed by atoms with Crippen LogP contribution in [0.15, 0.2) is 24.3 Å². The number of amides is 1. The third-order valence-corrected chi connectivity index (χ3v) is 6.07. The number of aryl methyl sites for hydroxylation is 1. The standard InChI is InChI=1S/C20H28N2O4/c1-21-11-4-9-20(19(24)25)10-12-22(14-17(20)21)18(23)8-7-15-5-3-6-16(13-15)26-2/h3,5-6,13,17H,4,7-12,14H2,1-2H3,(H,24,25)/t17-,20-/m0/s1. The summed E-state index contributed by atoms with van der Waals surface area (Å²) < 4.78 is 5.23. The number of rotatable bonds is 5. The van der Waals surface area contributed by atoms with Gasteiger partial charge in [-0.3, -0.25) is 9.59 Å². The lowest BCUT2D eigenvalue weighted by molar-refractivity contribution is -0.165. The van der Waals surface area contributed by atoms with Gasteiger partial charge < -0.3 is 19.6 Å². The Morgan fingerprint density at radius 3 is 2.85 bits per heavy atom. The van der Waals surface area contributed by atoms with Gasteiger partial charge in [-0.25, -0.2) is 0 Å². The number of aliphatic carboxylic acids is 1. The molecule has 1 amide bonds. The molecule has 0 radical (unpaired) electrons. The number of carbonyl (C=O) groups is 2. The fourth-order valence-electron chi connectivity index (χ4n) is 4.45. The normalized spacial score (nSPS) is 26.2. The van der Waals surface area contributed by atoms with Gasteiger partial charge in [-0.05, 0) is 57.0 Å². The average Bonchev–Trinajstić information content (AvgIpc) is 2.66. The van der Waals surface area contributed by atoms with Crippen molar-refractivity contribution < 1.29 is 19.4 Å². The summed E-state index contributed by atoms with van der Waals surface area (Å²) in [5.41, 5.74) is 0.376. The molecule has 2 atom stereocenters. The number of likely N-dealkylation sites (tertiary alicyclic amines) is 2. The molecule has 2 fully saturated rings. The molecular formula is C20H28N2O4. The Morgan fingerprint density at radius 1 is 1.31 bits per heavy atom. The van der Waals surface area contributed by atoms with Gasteiger partial charge in [0.2, 0.25) is 5.91 Å². The van der Waals surface area contributed by atoms with Crippen LogP contribution in [0.3, 0.4) is 0 Å². The number of carboxylic acid groups (broad SMARTS) is 1. The first-order valence-electron chi connectivity index (χ1n) is 9.30. The van der Waals surface area contributed by atoms with E-state index in [0.29, 0.717) is 38.8 Å². The van der Waals surface area contributed by atoms with Gasteiger partial charge >= 0.3 is 5.97 Å². The van der Waals surface area contributed by atoms with Gasteiger partial charge in [0.05, 0.1) is 12.5 Å². The van der Waals surface area contributed by atoms with Crippen molar-refractivity contribution >= 4 is 11.9 Å². The van der Waals surface area contributed by atoms with Gasteiger partial charge in [0.15, 0.2) is 0 Å². The highest BCUT2D eigenvalue weighted by Crippen LogP contribution is 2.42. The van der Waals surface area contributed by atoms with Crippen LogP contribution in [0.2, 0.25) is 0 Å². The topological polar surface area (TPSA) is 70.1 Å². The number of carboxylic acids is 1. The zero-order valence-electron chi connectivity index (χ0n) is 15.6. The van der Waals surface area contributed by atoms with Crippen molar-refractivity contribution in [3.63, 3.8) is 0 Å². The minimum atomic E-state index is -0.711. The number of nitrogens with zero attached hydrogens (tertiary/aromatic N) is 2. The van der Waals surface area contributed by atoms with Gasteiger partial charge in [0.1, 0.15) is 5.75 Å². The van der Waals surface area contributed by atoms with Crippen molar-refractivity contribution in [2.45, 2.75) is 38.1 Å². The highest BCUT2D eigenvalue weighted by atomic mass is 16.5. The summed E-state index contributed by atoms with van der Waals surface area (Å²) >= 11 is 0. The first kappa shape index (κ1) is 18.7. The summed E-state index contributed by atoms with van der Waals surface area (Å²) in [5, 5.41) is 9.83. The largest absolute Gasteiger partial charge is 0.497 e. The van der Waals surface area contributed by atoms with E-state index in [1.54, 1.807) is 7.11 Å². The number of hydrogen-bond acceptors (Lipinski definition) is 4. The summed E-state index contributed by atoms with van der Waals surface area (Å²) in [5.74, 6) is 0.186. The molecule has 3 rings (SSSR count). The second-order valence-corrected chi connectivity index (χ2v) is 7.50. The number of methoxy groups -OCH3 is 1. The molecule has 0 saturated carbocycles. The lowest BCUT2D eigenvalue weighted by atomic mass is 9.68. The van der Waals surface area contributed by atoms with Crippen molar-refractivity contribution in [1.82, 2.24) is 9.80 Å². The van der Waals surface area contributed by atoms with E-state index >= 15 is 0 Å². The Labute approximate surface area is 154 Å². The van der Waals surface area contributed by atoms with E-state index < -0.39 is 11.4 Å². The third-order valence-electron chi connectivity index (χ3n) is 6.07. The second-order valence-electron chi connectivity index (χ2n) is 7.50. The van der Waals surface area contributed by atoms with Gasteiger partial charge in [0, 0.05) is 25.6 Å². The van der Waals surface area contributed by atoms with Crippen molar-refractivity contribution in [2.24, 2.45) is 5.41 Å². The fourth-order valence-corrected chi connectivity index (χ4v) is 4.45. The maximum Gasteiger partial charge on any atom is 0.311 e. The van der Waals surface area contributed by atoms with E-state index in [9.17, 15) is 14.7 Å². The molecule has 2 heterocycles. The van der Waals surface area contributed by atoms with Crippen LogP contribution >= 0.6 is 0 Å². The van der Waals surface area contributed by atoms with E-state index in [1.807, 2.05) is 36.2 Å². The Hall–Kier alpha value is -2.08. The predicted molar refractivity (Wildman–Crippen MR) is 98.2 cm³/mol. The van der Waals surface area contributed by atoms with Crippen LogP contribution in [0.4, 0.5) is 0 Å². The smallest absolute Gasteiger partial charge is 0.311 e. The summed E-state index contributed by atoms with van der Waals surface area (Å²) in [6.07, 6.45) is 3.26. The lowest BCUT2D eigenvalue weighted by Crippen LogP contribution is -2.63. The zero-order valence-corrected chi connectivity index (χ0v) is 15.6. The predicted octanol–water partition coefficient (Wildman–Crippen LogP) is 2.03. The molecule has 6 heteroatoms. The summed E-state index contributed by atoms with van der Waals surface area (Å²) in [4.78, 5) is 28.7. The maximum atomic E-state index is 12.7. The van der Waals surface area contributed by atoms with E-state index in [2.05, 4.69) is 4.90 Å². The van der Waals surface area contributed by atoms with Crippen molar-refractivity contribution in [3.05, 3.63) is 29.8 Å². The molecule has 0 aliphatic carbocycles. The van der Waals surface area contributed by atoms with Crippen LogP contribution in [-0.4, -0.2) is 66.6 Å². The van der Waals surface area contributed by atoms with Crippen LogP contribution in [0.25, 0.3) is 0 Å². The lowest BCUT2D eigenvalue weighted by Gasteiger charge is -2.51. The summed E-state index contributed by atoms with van der Waals surface area (Å²) in [6, 6.07) is 7.67. The Morgan fingerprint density at radius 2 is 2.12 bits per heavy atom. The van der Waals surface area contributed by atoms with Crippen molar-refractivity contribution in [2.75, 3.05) is 33.8 Å². The number of carbonyl (C=O) groups excluding carboxylic acids is 1. The van der Waals surface area contributed by atoms with Crippen molar-refractivity contribution in [1.29, 1.82) is 0 Å². The van der Waals surface area contributed by atoms with Crippen LogP contribution < -0.4 is 4.74 Å². The Kier molecular flexibility index (Phi) is 5.51. The van der Waals surface area contributed by atoms with Gasteiger partial charge in [-0.2, -0.15) is 0 Å². The zero-order chi connectivity index (χ0) is 18.7. The molecule has 1 aromatic carbocycles. The maximum absolute atomic E-state index is 12.7. The molecule has 1 N–H and O–H groups in total. The Bertz CT molecular complexity index is 678. The van der Waals surface area contributed by atoms with Gasteiger partial charge in [-0.1, -0.05) is 12.1 Å². The van der Waals surface area contributed by atoms with Gasteiger partial charge in [-0.15, -0.1) is 0 Å². The second kappa shape index (κ2) is 7.66. The molecular weight excluding hydrogens is 332 g/mol. The number of benzene rings is 1. The number of ether oxygens (including phenoxy) is 1. The highest BCUT2D eigenvalue weighted by Gasteiger charge is 2.52. The molecule has 2 saturated heterocycles. The molecule has 0 spiro atoms. The highest BCUT2D eigenvalue weighted by molar-refractivity contribution is 5.79. The molecule has 0 bridgehead atoms. The minimum Gasteiger partial charge on any atom is -0.497 e. The monoisotopic (exact) mass is 360 g/mol. The minimum absolute atomic E-state index is 0.0942. The number of fused-ring (bicyclic) bond motifs is 1.